The second-order valence-corrected chi connectivity index (χ2v) is 9.32. The molecule has 3 amide bonds. The summed E-state index contributed by atoms with van der Waals surface area (Å²) >= 11 is 0. The van der Waals surface area contributed by atoms with E-state index in [-0.39, 0.29) is 24.0 Å². The molecule has 0 spiro atoms. The molecular formula is C25H38N4O3. The number of likely N-dealkylation sites (tertiary alicyclic amines) is 2. The number of nitrogens with zero attached hydrogens (tertiary/aromatic N) is 3. The highest BCUT2D eigenvalue weighted by Gasteiger charge is 2.34. The summed E-state index contributed by atoms with van der Waals surface area (Å²) in [5, 5.41) is 3.14. The van der Waals surface area contributed by atoms with E-state index in [0.29, 0.717) is 19.6 Å². The van der Waals surface area contributed by atoms with Gasteiger partial charge in [-0.1, -0.05) is 31.9 Å². The molecule has 1 aromatic carbocycles. The third-order valence-corrected chi connectivity index (χ3v) is 7.08. The van der Waals surface area contributed by atoms with Gasteiger partial charge in [-0.3, -0.25) is 9.69 Å². The van der Waals surface area contributed by atoms with Gasteiger partial charge in [0.2, 0.25) is 5.91 Å². The number of fused-ring (bicyclic) bond motifs is 1. The van der Waals surface area contributed by atoms with Gasteiger partial charge in [0.1, 0.15) is 11.9 Å². The average Bonchev–Trinajstić information content (AvgIpc) is 3.12. The van der Waals surface area contributed by atoms with Crippen molar-refractivity contribution in [1.82, 2.24) is 15.1 Å². The summed E-state index contributed by atoms with van der Waals surface area (Å²) in [5.74, 6) is 0.927. The first-order chi connectivity index (χ1) is 15.7. The lowest BCUT2D eigenvalue weighted by Crippen LogP contribution is -2.52. The van der Waals surface area contributed by atoms with Crippen LogP contribution in [0.2, 0.25) is 0 Å². The van der Waals surface area contributed by atoms with Crippen LogP contribution >= 0.6 is 0 Å². The predicted molar refractivity (Wildman–Crippen MR) is 126 cm³/mol. The Morgan fingerprint density at radius 2 is 1.75 bits per heavy atom. The van der Waals surface area contributed by atoms with Crippen LogP contribution in [0, 0.1) is 5.92 Å². The minimum Gasteiger partial charge on any atom is -0.486 e. The maximum atomic E-state index is 13.3. The third kappa shape index (κ3) is 5.55. The van der Waals surface area contributed by atoms with Crippen LogP contribution in [0.3, 0.4) is 0 Å². The minimum atomic E-state index is 0.00329. The Morgan fingerprint density at radius 3 is 2.47 bits per heavy atom. The molecule has 0 bridgehead atoms. The Bertz CT molecular complexity index is 770. The third-order valence-electron chi connectivity index (χ3n) is 7.08. The van der Waals surface area contributed by atoms with Crippen molar-refractivity contribution >= 4 is 17.6 Å². The number of urea groups is 1. The lowest BCUT2D eigenvalue weighted by atomic mass is 9.96. The van der Waals surface area contributed by atoms with Gasteiger partial charge in [0.15, 0.2) is 0 Å². The number of hydrogen-bond donors (Lipinski definition) is 1. The molecule has 1 atom stereocenters. The van der Waals surface area contributed by atoms with Crippen LogP contribution in [0.4, 0.5) is 10.5 Å². The molecule has 1 aromatic rings. The SMILES string of the molecule is CC[C@@H]1CN(C(=O)N2CCC(C(=O)NCCN3CCCCCC3)CC2)c2ccccc2O1. The largest absolute Gasteiger partial charge is 0.486 e. The number of ether oxygens (including phenoxy) is 1. The van der Waals surface area contributed by atoms with Crippen molar-refractivity contribution in [3.05, 3.63) is 24.3 Å². The van der Waals surface area contributed by atoms with E-state index in [0.717, 1.165) is 56.9 Å². The molecule has 176 valence electrons. The number of benzene rings is 1. The van der Waals surface area contributed by atoms with Gasteiger partial charge in [0.25, 0.3) is 0 Å². The highest BCUT2D eigenvalue weighted by Crippen LogP contribution is 2.35. The quantitative estimate of drug-likeness (QED) is 0.758. The van der Waals surface area contributed by atoms with Crippen LogP contribution in [0.25, 0.3) is 0 Å². The molecule has 0 aliphatic carbocycles. The van der Waals surface area contributed by atoms with Gasteiger partial charge in [-0.05, 0) is 57.3 Å². The van der Waals surface area contributed by atoms with Crippen molar-refractivity contribution in [3.8, 4) is 5.75 Å². The highest BCUT2D eigenvalue weighted by atomic mass is 16.5. The molecule has 1 N–H and O–H groups in total. The molecule has 3 heterocycles. The van der Waals surface area contributed by atoms with Gasteiger partial charge in [0, 0.05) is 32.1 Å². The first-order valence-corrected chi connectivity index (χ1v) is 12.5. The van der Waals surface area contributed by atoms with Gasteiger partial charge < -0.3 is 19.9 Å². The first-order valence-electron chi connectivity index (χ1n) is 12.5. The van der Waals surface area contributed by atoms with Crippen molar-refractivity contribution in [2.24, 2.45) is 5.92 Å². The van der Waals surface area contributed by atoms with Gasteiger partial charge >= 0.3 is 6.03 Å². The number of nitrogens with one attached hydrogen (secondary N) is 1. The van der Waals surface area contributed by atoms with E-state index in [9.17, 15) is 9.59 Å². The van der Waals surface area contributed by atoms with E-state index in [1.54, 1.807) is 0 Å². The Balaban J connectivity index is 1.25. The van der Waals surface area contributed by atoms with E-state index in [2.05, 4.69) is 17.1 Å². The fourth-order valence-electron chi connectivity index (χ4n) is 5.04. The number of hydrogen-bond acceptors (Lipinski definition) is 4. The van der Waals surface area contributed by atoms with E-state index in [1.165, 1.54) is 25.7 Å². The van der Waals surface area contributed by atoms with E-state index in [1.807, 2.05) is 34.1 Å². The zero-order chi connectivity index (χ0) is 22.3. The molecule has 0 radical (unpaired) electrons. The Labute approximate surface area is 192 Å². The van der Waals surface area contributed by atoms with Crippen molar-refractivity contribution < 1.29 is 14.3 Å². The molecule has 0 aromatic heterocycles. The average molecular weight is 443 g/mol. The number of carbonyl (C=O) groups is 2. The maximum Gasteiger partial charge on any atom is 0.324 e. The summed E-state index contributed by atoms with van der Waals surface area (Å²) in [6.45, 7) is 7.87. The molecule has 2 fully saturated rings. The van der Waals surface area contributed by atoms with Crippen molar-refractivity contribution in [2.45, 2.75) is 58.0 Å². The Morgan fingerprint density at radius 1 is 1.03 bits per heavy atom. The normalized spacial score (nSPS) is 22.6. The lowest BCUT2D eigenvalue weighted by molar-refractivity contribution is -0.126. The number of rotatable bonds is 5. The van der Waals surface area contributed by atoms with Crippen molar-refractivity contribution in [2.75, 3.05) is 50.7 Å². The van der Waals surface area contributed by atoms with Gasteiger partial charge in [-0.25, -0.2) is 4.79 Å². The molecule has 0 unspecified atom stereocenters. The van der Waals surface area contributed by atoms with Crippen LogP contribution in [-0.2, 0) is 4.79 Å². The van der Waals surface area contributed by atoms with E-state index in [4.69, 9.17) is 4.74 Å². The van der Waals surface area contributed by atoms with Crippen LogP contribution in [0.5, 0.6) is 5.75 Å². The topological polar surface area (TPSA) is 65.1 Å². The molecule has 32 heavy (non-hydrogen) atoms. The van der Waals surface area contributed by atoms with Gasteiger partial charge in [-0.15, -0.1) is 0 Å². The standard InChI is InChI=1S/C25H38N4O3/c1-2-21-19-29(22-9-5-6-10-23(22)32-21)25(31)28-16-11-20(12-17-28)24(30)26-13-18-27-14-7-3-4-8-15-27/h5-6,9-10,20-21H,2-4,7-8,11-19H2,1H3,(H,26,30)/t21-/m1/s1. The number of amides is 3. The van der Waals surface area contributed by atoms with Crippen LogP contribution in [0.15, 0.2) is 24.3 Å². The fraction of sp³-hybridized carbons (Fsp3) is 0.680. The molecule has 3 aliphatic heterocycles. The monoisotopic (exact) mass is 442 g/mol. The highest BCUT2D eigenvalue weighted by molar-refractivity contribution is 5.94. The number of carbonyl (C=O) groups excluding carboxylic acids is 2. The zero-order valence-electron chi connectivity index (χ0n) is 19.4. The predicted octanol–water partition coefficient (Wildman–Crippen LogP) is 3.49. The van der Waals surface area contributed by atoms with Crippen LogP contribution < -0.4 is 15.0 Å². The molecule has 3 aliphatic rings. The second kappa shape index (κ2) is 11.0. The van der Waals surface area contributed by atoms with Gasteiger partial charge in [0.05, 0.1) is 12.2 Å². The molecule has 4 rings (SSSR count). The number of para-hydroxylation sites is 2. The molecule has 0 saturated carbocycles. The fourth-order valence-corrected chi connectivity index (χ4v) is 5.04. The number of piperidine rings is 1. The zero-order valence-corrected chi connectivity index (χ0v) is 19.4. The van der Waals surface area contributed by atoms with Gasteiger partial charge in [-0.2, -0.15) is 0 Å². The van der Waals surface area contributed by atoms with E-state index < -0.39 is 0 Å². The molecule has 2 saturated heterocycles. The van der Waals surface area contributed by atoms with Crippen LogP contribution in [0.1, 0.15) is 51.9 Å². The van der Waals surface area contributed by atoms with Crippen molar-refractivity contribution in [1.29, 1.82) is 0 Å². The second-order valence-electron chi connectivity index (χ2n) is 9.32. The Kier molecular flexibility index (Phi) is 7.90. The molecule has 7 heteroatoms. The minimum absolute atomic E-state index is 0.00329. The summed E-state index contributed by atoms with van der Waals surface area (Å²) in [7, 11) is 0. The molecule has 7 nitrogen and oxygen atoms in total. The first kappa shape index (κ1) is 22.9. The molecular weight excluding hydrogens is 404 g/mol. The summed E-state index contributed by atoms with van der Waals surface area (Å²) < 4.78 is 6.02. The Hall–Kier alpha value is -2.28. The summed E-state index contributed by atoms with van der Waals surface area (Å²) in [6, 6.07) is 7.79. The number of anilines is 1. The summed E-state index contributed by atoms with van der Waals surface area (Å²) in [5.41, 5.74) is 0.843. The maximum absolute atomic E-state index is 13.3. The lowest BCUT2D eigenvalue weighted by Gasteiger charge is -2.39. The van der Waals surface area contributed by atoms with Crippen LogP contribution in [-0.4, -0.2) is 73.7 Å². The van der Waals surface area contributed by atoms with Crippen molar-refractivity contribution in [3.63, 3.8) is 0 Å². The smallest absolute Gasteiger partial charge is 0.324 e. The summed E-state index contributed by atoms with van der Waals surface area (Å²) in [4.78, 5) is 32.2. The van der Waals surface area contributed by atoms with E-state index >= 15 is 0 Å². The summed E-state index contributed by atoms with van der Waals surface area (Å²) in [6.07, 6.45) is 7.53.